The Morgan fingerprint density at radius 2 is 2.00 bits per heavy atom. The number of carbonyl (C=O) groups is 1. The van der Waals surface area contributed by atoms with Crippen molar-refractivity contribution in [2.24, 2.45) is 11.7 Å². The number of nitrogens with zero attached hydrogens (tertiary/aromatic N) is 2. The molecule has 8 nitrogen and oxygen atoms in total. The third-order valence-corrected chi connectivity index (χ3v) is 4.83. The molecule has 2 rings (SSSR count). The Morgan fingerprint density at radius 1 is 1.31 bits per heavy atom. The van der Waals surface area contributed by atoms with Crippen molar-refractivity contribution in [2.75, 3.05) is 20.8 Å². The highest BCUT2D eigenvalue weighted by Gasteiger charge is 2.26. The van der Waals surface area contributed by atoms with Crippen LogP contribution in [-0.2, 0) is 6.42 Å². The molecule has 0 aliphatic carbocycles. The summed E-state index contributed by atoms with van der Waals surface area (Å²) in [6.45, 7) is 2.17. The van der Waals surface area contributed by atoms with Crippen LogP contribution in [0.2, 0.25) is 0 Å². The first-order valence-electron chi connectivity index (χ1n) is 8.13. The lowest BCUT2D eigenvalue weighted by molar-refractivity contribution is 0.0992. The van der Waals surface area contributed by atoms with Crippen molar-refractivity contribution in [3.05, 3.63) is 16.1 Å². The molecule has 0 fully saturated rings. The van der Waals surface area contributed by atoms with Gasteiger partial charge in [-0.15, -0.1) is 11.3 Å². The summed E-state index contributed by atoms with van der Waals surface area (Å²) in [4.78, 5) is 20.3. The normalized spacial score (nSPS) is 12.0. The SMILES string of the molecule is COc1c(-c2csc(CCC[C@H](C)CO)n2)nc(C(N)=O)c(O)c1OC. The van der Waals surface area contributed by atoms with Crippen LogP contribution < -0.4 is 15.2 Å². The average Bonchev–Trinajstić information content (AvgIpc) is 3.09. The van der Waals surface area contributed by atoms with Crippen LogP contribution in [-0.4, -0.2) is 46.9 Å². The summed E-state index contributed by atoms with van der Waals surface area (Å²) < 4.78 is 10.5. The van der Waals surface area contributed by atoms with E-state index in [0.717, 1.165) is 24.3 Å². The molecule has 142 valence electrons. The highest BCUT2D eigenvalue weighted by atomic mass is 32.1. The second-order valence-corrected chi connectivity index (χ2v) is 6.84. The van der Waals surface area contributed by atoms with Gasteiger partial charge in [-0.3, -0.25) is 4.79 Å². The third kappa shape index (κ3) is 4.23. The van der Waals surface area contributed by atoms with Crippen LogP contribution in [0.4, 0.5) is 0 Å². The van der Waals surface area contributed by atoms with E-state index in [2.05, 4.69) is 9.97 Å². The number of methoxy groups -OCH3 is 2. The van der Waals surface area contributed by atoms with Crippen LogP contribution in [0.3, 0.4) is 0 Å². The number of aliphatic hydroxyl groups excluding tert-OH is 1. The second-order valence-electron chi connectivity index (χ2n) is 5.89. The van der Waals surface area contributed by atoms with Crippen molar-refractivity contribution in [1.82, 2.24) is 9.97 Å². The van der Waals surface area contributed by atoms with Crippen molar-refractivity contribution in [3.63, 3.8) is 0 Å². The number of ether oxygens (including phenoxy) is 2. The maximum atomic E-state index is 11.6. The van der Waals surface area contributed by atoms with E-state index < -0.39 is 11.7 Å². The van der Waals surface area contributed by atoms with E-state index in [1.54, 1.807) is 5.38 Å². The number of pyridine rings is 1. The van der Waals surface area contributed by atoms with Crippen molar-refractivity contribution >= 4 is 17.2 Å². The zero-order chi connectivity index (χ0) is 19.3. The molecule has 0 aliphatic rings. The number of hydrogen-bond donors (Lipinski definition) is 3. The summed E-state index contributed by atoms with van der Waals surface area (Å²) in [6.07, 6.45) is 2.59. The van der Waals surface area contributed by atoms with E-state index in [1.807, 2.05) is 6.92 Å². The Labute approximate surface area is 155 Å². The van der Waals surface area contributed by atoms with Gasteiger partial charge in [0.05, 0.1) is 19.2 Å². The minimum Gasteiger partial charge on any atom is -0.503 e. The van der Waals surface area contributed by atoms with Gasteiger partial charge in [0.2, 0.25) is 5.75 Å². The van der Waals surface area contributed by atoms with Crippen LogP contribution in [0, 0.1) is 5.92 Å². The molecule has 0 saturated carbocycles. The van der Waals surface area contributed by atoms with Gasteiger partial charge in [0.15, 0.2) is 17.2 Å². The van der Waals surface area contributed by atoms with Crippen LogP contribution in [0.15, 0.2) is 5.38 Å². The number of aliphatic hydroxyl groups is 1. The van der Waals surface area contributed by atoms with E-state index >= 15 is 0 Å². The maximum Gasteiger partial charge on any atom is 0.271 e. The molecular weight excluding hydrogens is 358 g/mol. The van der Waals surface area contributed by atoms with Gasteiger partial charge in [0, 0.05) is 12.0 Å². The van der Waals surface area contributed by atoms with Crippen LogP contribution in [0.1, 0.15) is 35.3 Å². The zero-order valence-corrected chi connectivity index (χ0v) is 15.8. The molecule has 0 unspecified atom stereocenters. The number of rotatable bonds is 9. The number of thiazole rings is 1. The molecule has 4 N–H and O–H groups in total. The molecule has 2 aromatic heterocycles. The molecule has 0 saturated heterocycles. The van der Waals surface area contributed by atoms with Gasteiger partial charge in [-0.25, -0.2) is 9.97 Å². The molecular formula is C17H23N3O5S. The topological polar surface area (TPSA) is 128 Å². The standard InChI is InChI=1S/C17H23N3O5S/c1-9(7-21)5-4-6-11-19-10(8-26-11)12-15(24-2)16(25-3)14(22)13(20-12)17(18)23/h8-9,21-22H,4-7H2,1-3H3,(H2,18,23)/t9-/m0/s1. The van der Waals surface area contributed by atoms with Crippen molar-refractivity contribution < 1.29 is 24.5 Å². The third-order valence-electron chi connectivity index (χ3n) is 3.92. The molecule has 0 radical (unpaired) electrons. The number of hydrogen-bond acceptors (Lipinski definition) is 8. The first-order valence-corrected chi connectivity index (χ1v) is 9.01. The fourth-order valence-electron chi connectivity index (χ4n) is 2.49. The number of carbonyl (C=O) groups excluding carboxylic acids is 1. The molecule has 26 heavy (non-hydrogen) atoms. The summed E-state index contributed by atoms with van der Waals surface area (Å²) in [5.41, 5.74) is 5.78. The first kappa shape index (κ1) is 19.9. The number of aromatic hydroxyl groups is 1. The highest BCUT2D eigenvalue weighted by Crippen LogP contribution is 2.44. The summed E-state index contributed by atoms with van der Waals surface area (Å²) in [5, 5.41) is 21.9. The molecule has 0 spiro atoms. The number of primary amides is 1. The van der Waals surface area contributed by atoms with Gasteiger partial charge in [-0.1, -0.05) is 6.92 Å². The van der Waals surface area contributed by atoms with Gasteiger partial charge in [0.1, 0.15) is 11.4 Å². The monoisotopic (exact) mass is 381 g/mol. The highest BCUT2D eigenvalue weighted by molar-refractivity contribution is 7.09. The fraction of sp³-hybridized carbons (Fsp3) is 0.471. The van der Waals surface area contributed by atoms with E-state index in [4.69, 9.17) is 20.3 Å². The quantitative estimate of drug-likeness (QED) is 0.606. The lowest BCUT2D eigenvalue weighted by Crippen LogP contribution is -2.15. The molecule has 1 amide bonds. The lowest BCUT2D eigenvalue weighted by atomic mass is 10.1. The molecule has 9 heteroatoms. The predicted octanol–water partition coefficient (Wildman–Crippen LogP) is 1.98. The molecule has 0 aromatic carbocycles. The minimum absolute atomic E-state index is 0.0161. The molecule has 2 aromatic rings. The lowest BCUT2D eigenvalue weighted by Gasteiger charge is -2.14. The van der Waals surface area contributed by atoms with Gasteiger partial charge in [-0.05, 0) is 25.2 Å². The Bertz CT molecular complexity index is 778. The number of amides is 1. The smallest absolute Gasteiger partial charge is 0.271 e. The molecule has 1 atom stereocenters. The Hall–Kier alpha value is -2.39. The predicted molar refractivity (Wildman–Crippen MR) is 97.8 cm³/mol. The zero-order valence-electron chi connectivity index (χ0n) is 15.0. The van der Waals surface area contributed by atoms with Crippen molar-refractivity contribution in [1.29, 1.82) is 0 Å². The Morgan fingerprint density at radius 3 is 2.58 bits per heavy atom. The van der Waals surface area contributed by atoms with Gasteiger partial charge in [0.25, 0.3) is 5.91 Å². The maximum absolute atomic E-state index is 11.6. The average molecular weight is 381 g/mol. The summed E-state index contributed by atoms with van der Waals surface area (Å²) in [6, 6.07) is 0. The van der Waals surface area contributed by atoms with Crippen LogP contribution in [0.25, 0.3) is 11.4 Å². The summed E-state index contributed by atoms with van der Waals surface area (Å²) in [7, 11) is 2.76. The van der Waals surface area contributed by atoms with Gasteiger partial charge in [-0.2, -0.15) is 0 Å². The number of aromatic nitrogens is 2. The minimum atomic E-state index is -0.877. The van der Waals surface area contributed by atoms with Gasteiger partial charge >= 0.3 is 0 Å². The van der Waals surface area contributed by atoms with E-state index in [1.165, 1.54) is 25.6 Å². The molecule has 0 aliphatic heterocycles. The summed E-state index contributed by atoms with van der Waals surface area (Å²) in [5.74, 6) is -0.916. The van der Waals surface area contributed by atoms with E-state index in [-0.39, 0.29) is 35.4 Å². The van der Waals surface area contributed by atoms with E-state index in [9.17, 15) is 9.90 Å². The van der Waals surface area contributed by atoms with Gasteiger partial charge < -0.3 is 25.4 Å². The van der Waals surface area contributed by atoms with Crippen molar-refractivity contribution in [2.45, 2.75) is 26.2 Å². The van der Waals surface area contributed by atoms with Crippen LogP contribution >= 0.6 is 11.3 Å². The first-order chi connectivity index (χ1) is 12.4. The summed E-state index contributed by atoms with van der Waals surface area (Å²) >= 11 is 1.47. The number of aryl methyl sites for hydroxylation is 1. The molecule has 2 heterocycles. The van der Waals surface area contributed by atoms with Crippen molar-refractivity contribution in [3.8, 4) is 28.6 Å². The number of nitrogens with two attached hydrogens (primary N) is 1. The fourth-order valence-corrected chi connectivity index (χ4v) is 3.32. The Kier molecular flexibility index (Phi) is 6.76. The Balaban J connectivity index is 2.36. The van der Waals surface area contributed by atoms with E-state index in [0.29, 0.717) is 5.69 Å². The largest absolute Gasteiger partial charge is 0.503 e. The van der Waals surface area contributed by atoms with Crippen LogP contribution in [0.5, 0.6) is 17.2 Å². The molecule has 0 bridgehead atoms. The second kappa shape index (κ2) is 8.81.